The lowest BCUT2D eigenvalue weighted by atomic mass is 10.2. The van der Waals surface area contributed by atoms with Crippen molar-refractivity contribution in [2.75, 3.05) is 17.2 Å². The van der Waals surface area contributed by atoms with Gasteiger partial charge in [-0.15, -0.1) is 0 Å². The Kier molecular flexibility index (Phi) is 4.26. The van der Waals surface area contributed by atoms with E-state index in [1.807, 2.05) is 24.8 Å². The molecule has 7 heteroatoms. The van der Waals surface area contributed by atoms with Crippen LogP contribution in [0.5, 0.6) is 0 Å². The molecule has 0 saturated carbocycles. The molecule has 6 nitrogen and oxygen atoms in total. The van der Waals surface area contributed by atoms with Crippen molar-refractivity contribution in [3.8, 4) is 0 Å². The molecule has 0 aromatic carbocycles. The van der Waals surface area contributed by atoms with Gasteiger partial charge in [-0.05, 0) is 31.1 Å². The van der Waals surface area contributed by atoms with Gasteiger partial charge in [0.1, 0.15) is 12.1 Å². The van der Waals surface area contributed by atoms with E-state index in [2.05, 4.69) is 20.0 Å². The van der Waals surface area contributed by atoms with Crippen molar-refractivity contribution < 1.29 is 0 Å². The van der Waals surface area contributed by atoms with E-state index in [0.717, 1.165) is 60.1 Å². The summed E-state index contributed by atoms with van der Waals surface area (Å²) < 4.78 is 1.66. The Morgan fingerprint density at radius 2 is 2.25 bits per heavy atom. The minimum absolute atomic E-state index is 0.0157. The summed E-state index contributed by atoms with van der Waals surface area (Å²) >= 11 is 1.87. The molecule has 1 fully saturated rings. The molecule has 0 aliphatic carbocycles. The second kappa shape index (κ2) is 6.55. The van der Waals surface area contributed by atoms with Crippen molar-refractivity contribution in [1.82, 2.24) is 19.7 Å². The van der Waals surface area contributed by atoms with Gasteiger partial charge in [-0.2, -0.15) is 16.9 Å². The van der Waals surface area contributed by atoms with Crippen LogP contribution in [0.25, 0.3) is 0 Å². The number of hydrogen-bond donors (Lipinski definition) is 0. The average Bonchev–Trinajstić information content (AvgIpc) is 3.04. The summed E-state index contributed by atoms with van der Waals surface area (Å²) in [4.78, 5) is 23.3. The van der Waals surface area contributed by atoms with Crippen LogP contribution in [0.15, 0.2) is 23.3 Å². The molecule has 4 heterocycles. The first kappa shape index (κ1) is 15.6. The Morgan fingerprint density at radius 1 is 1.33 bits per heavy atom. The molecular weight excluding hydrogens is 322 g/mol. The fraction of sp³-hybridized carbons (Fsp3) is 0.529. The summed E-state index contributed by atoms with van der Waals surface area (Å²) in [6, 6.07) is 4.06. The zero-order valence-corrected chi connectivity index (χ0v) is 14.6. The van der Waals surface area contributed by atoms with E-state index < -0.39 is 0 Å². The van der Waals surface area contributed by atoms with E-state index in [0.29, 0.717) is 6.54 Å². The Hall–Kier alpha value is -1.89. The van der Waals surface area contributed by atoms with Crippen molar-refractivity contribution >= 4 is 17.6 Å². The molecule has 0 radical (unpaired) electrons. The maximum absolute atomic E-state index is 12.4. The highest BCUT2D eigenvalue weighted by Crippen LogP contribution is 2.25. The highest BCUT2D eigenvalue weighted by atomic mass is 32.2. The smallest absolute Gasteiger partial charge is 0.267 e. The SMILES string of the molecule is Cc1cc(N2CCCC2Cn2nc3c(cc2=O)CSCC3)ncn1. The van der Waals surface area contributed by atoms with Gasteiger partial charge >= 0.3 is 0 Å². The summed E-state index contributed by atoms with van der Waals surface area (Å²) in [6.45, 7) is 3.57. The number of rotatable bonds is 3. The zero-order chi connectivity index (χ0) is 16.5. The molecular formula is C17H21N5OS. The van der Waals surface area contributed by atoms with Crippen molar-refractivity contribution in [2.24, 2.45) is 0 Å². The summed E-state index contributed by atoms with van der Waals surface area (Å²) in [6.07, 6.45) is 4.74. The van der Waals surface area contributed by atoms with E-state index >= 15 is 0 Å². The van der Waals surface area contributed by atoms with Crippen molar-refractivity contribution in [3.05, 3.63) is 45.8 Å². The molecule has 2 aliphatic heterocycles. The van der Waals surface area contributed by atoms with Crippen LogP contribution in [0, 0.1) is 6.92 Å². The Labute approximate surface area is 145 Å². The minimum Gasteiger partial charge on any atom is -0.352 e. The number of anilines is 1. The van der Waals surface area contributed by atoms with Crippen molar-refractivity contribution in [2.45, 2.75) is 44.5 Å². The van der Waals surface area contributed by atoms with Gasteiger partial charge in [0.2, 0.25) is 0 Å². The number of thioether (sulfide) groups is 1. The molecule has 0 spiro atoms. The summed E-state index contributed by atoms with van der Waals surface area (Å²) in [7, 11) is 0. The molecule has 0 N–H and O–H groups in total. The molecule has 2 aromatic heterocycles. The molecule has 4 rings (SSSR count). The van der Waals surface area contributed by atoms with Gasteiger partial charge in [0.15, 0.2) is 0 Å². The lowest BCUT2D eigenvalue weighted by molar-refractivity contribution is 0.479. The van der Waals surface area contributed by atoms with Crippen LogP contribution in [-0.2, 0) is 18.7 Å². The molecule has 1 saturated heterocycles. The largest absolute Gasteiger partial charge is 0.352 e. The average molecular weight is 343 g/mol. The van der Waals surface area contributed by atoms with Gasteiger partial charge in [-0.25, -0.2) is 14.6 Å². The monoisotopic (exact) mass is 343 g/mol. The number of aromatic nitrogens is 4. The van der Waals surface area contributed by atoms with E-state index in [9.17, 15) is 4.79 Å². The summed E-state index contributed by atoms with van der Waals surface area (Å²) in [5, 5.41) is 4.65. The molecule has 24 heavy (non-hydrogen) atoms. The first-order chi connectivity index (χ1) is 11.7. The predicted octanol–water partition coefficient (Wildman–Crippen LogP) is 1.80. The Morgan fingerprint density at radius 3 is 3.12 bits per heavy atom. The summed E-state index contributed by atoms with van der Waals surface area (Å²) in [5.74, 6) is 2.95. The van der Waals surface area contributed by atoms with Crippen LogP contribution in [-0.4, -0.2) is 38.1 Å². The van der Waals surface area contributed by atoms with Gasteiger partial charge in [-0.1, -0.05) is 0 Å². The van der Waals surface area contributed by atoms with Gasteiger partial charge in [-0.3, -0.25) is 4.79 Å². The zero-order valence-electron chi connectivity index (χ0n) is 13.8. The highest BCUT2D eigenvalue weighted by molar-refractivity contribution is 7.98. The third-order valence-corrected chi connectivity index (χ3v) is 5.76. The molecule has 1 atom stereocenters. The van der Waals surface area contributed by atoms with Gasteiger partial charge in [0.05, 0.1) is 18.3 Å². The number of fused-ring (bicyclic) bond motifs is 1. The second-order valence-electron chi connectivity index (χ2n) is 6.45. The van der Waals surface area contributed by atoms with Gasteiger partial charge in [0, 0.05) is 36.5 Å². The molecule has 2 aromatic rings. The first-order valence-corrected chi connectivity index (χ1v) is 9.59. The second-order valence-corrected chi connectivity index (χ2v) is 7.55. The van der Waals surface area contributed by atoms with Crippen LogP contribution in [0.4, 0.5) is 5.82 Å². The van der Waals surface area contributed by atoms with Crippen LogP contribution >= 0.6 is 11.8 Å². The lowest BCUT2D eigenvalue weighted by Crippen LogP contribution is -2.38. The minimum atomic E-state index is 0.0157. The molecule has 0 amide bonds. The van der Waals surface area contributed by atoms with Crippen molar-refractivity contribution in [1.29, 1.82) is 0 Å². The quantitative estimate of drug-likeness (QED) is 0.847. The van der Waals surface area contributed by atoms with Crippen molar-refractivity contribution in [3.63, 3.8) is 0 Å². The van der Waals surface area contributed by atoms with Crippen LogP contribution in [0.2, 0.25) is 0 Å². The van der Waals surface area contributed by atoms with Crippen LogP contribution in [0.1, 0.15) is 29.8 Å². The van der Waals surface area contributed by atoms with E-state index in [1.165, 1.54) is 0 Å². The topological polar surface area (TPSA) is 63.9 Å². The molecule has 126 valence electrons. The van der Waals surface area contributed by atoms with E-state index in [1.54, 1.807) is 17.1 Å². The number of hydrogen-bond acceptors (Lipinski definition) is 6. The van der Waals surface area contributed by atoms with Gasteiger partial charge in [0.25, 0.3) is 5.56 Å². The molecule has 2 aliphatic rings. The Balaban J connectivity index is 1.59. The van der Waals surface area contributed by atoms with E-state index in [4.69, 9.17) is 0 Å². The third kappa shape index (κ3) is 3.05. The van der Waals surface area contributed by atoms with Gasteiger partial charge < -0.3 is 4.90 Å². The summed E-state index contributed by atoms with van der Waals surface area (Å²) in [5.41, 5.74) is 3.19. The van der Waals surface area contributed by atoms with E-state index in [-0.39, 0.29) is 11.6 Å². The normalized spacial score (nSPS) is 20.2. The maximum atomic E-state index is 12.4. The van der Waals surface area contributed by atoms with Crippen LogP contribution < -0.4 is 10.5 Å². The molecule has 0 bridgehead atoms. The first-order valence-electron chi connectivity index (χ1n) is 8.43. The fourth-order valence-electron chi connectivity index (χ4n) is 3.51. The number of aryl methyl sites for hydroxylation is 2. The standard InChI is InChI=1S/C17H21N5OS/c1-12-7-16(19-11-18-12)21-5-2-3-14(21)9-22-17(23)8-13-10-24-6-4-15(13)20-22/h7-8,11,14H,2-6,9-10H2,1H3. The third-order valence-electron chi connectivity index (χ3n) is 4.75. The highest BCUT2D eigenvalue weighted by Gasteiger charge is 2.27. The molecule has 1 unspecified atom stereocenters. The number of nitrogens with zero attached hydrogens (tertiary/aromatic N) is 5. The fourth-order valence-corrected chi connectivity index (χ4v) is 4.46. The van der Waals surface area contributed by atoms with Crippen LogP contribution in [0.3, 0.4) is 0 Å². The maximum Gasteiger partial charge on any atom is 0.267 e. The lowest BCUT2D eigenvalue weighted by Gasteiger charge is -2.26. The Bertz CT molecular complexity index is 806. The predicted molar refractivity (Wildman–Crippen MR) is 95.5 cm³/mol.